The molecule has 1 unspecified atom stereocenters. The van der Waals surface area contributed by atoms with Gasteiger partial charge in [0.2, 0.25) is 5.91 Å². The minimum atomic E-state index is -0.621. The van der Waals surface area contributed by atoms with Gasteiger partial charge in [0.05, 0.1) is 0 Å². The second kappa shape index (κ2) is 11.8. The smallest absolute Gasteiger partial charge is 0.261 e. The summed E-state index contributed by atoms with van der Waals surface area (Å²) < 4.78 is 18.8. The first kappa shape index (κ1) is 22.4. The fourth-order valence-electron chi connectivity index (χ4n) is 2.96. The van der Waals surface area contributed by atoms with E-state index in [1.165, 1.54) is 17.0 Å². The van der Waals surface area contributed by atoms with Crippen molar-refractivity contribution in [1.29, 1.82) is 0 Å². The maximum Gasteiger partial charge on any atom is 0.261 e. The highest BCUT2D eigenvalue weighted by Gasteiger charge is 2.28. The van der Waals surface area contributed by atoms with Gasteiger partial charge in [0.15, 0.2) is 6.61 Å². The molecule has 5 nitrogen and oxygen atoms in total. The largest absolute Gasteiger partial charge is 0.484 e. The predicted molar refractivity (Wildman–Crippen MR) is 111 cm³/mol. The average molecular weight is 400 g/mol. The fourth-order valence-corrected chi connectivity index (χ4v) is 2.96. The third-order valence-electron chi connectivity index (χ3n) is 4.59. The van der Waals surface area contributed by atoms with Crippen LogP contribution in [-0.4, -0.2) is 35.9 Å². The topological polar surface area (TPSA) is 58.6 Å². The number of benzene rings is 2. The first-order chi connectivity index (χ1) is 14.0. The molecule has 2 amide bonds. The highest BCUT2D eigenvalue weighted by atomic mass is 19.1. The Balaban J connectivity index is 2.14. The summed E-state index contributed by atoms with van der Waals surface area (Å²) in [5.74, 6) is -0.238. The van der Waals surface area contributed by atoms with Crippen molar-refractivity contribution in [2.45, 2.75) is 45.7 Å². The van der Waals surface area contributed by atoms with Crippen molar-refractivity contribution < 1.29 is 18.7 Å². The molecule has 6 heteroatoms. The molecule has 0 bridgehead atoms. The van der Waals surface area contributed by atoms with Crippen molar-refractivity contribution in [2.24, 2.45) is 0 Å². The van der Waals surface area contributed by atoms with Gasteiger partial charge in [-0.05, 0) is 42.7 Å². The third kappa shape index (κ3) is 7.22. The van der Waals surface area contributed by atoms with E-state index >= 15 is 0 Å². The van der Waals surface area contributed by atoms with Gasteiger partial charge in [0.1, 0.15) is 17.6 Å². The molecule has 2 aromatic rings. The summed E-state index contributed by atoms with van der Waals surface area (Å²) in [4.78, 5) is 27.2. The first-order valence-electron chi connectivity index (χ1n) is 10.0. The second-order valence-corrected chi connectivity index (χ2v) is 6.82. The lowest BCUT2D eigenvalue weighted by Gasteiger charge is -2.30. The number of nitrogens with zero attached hydrogens (tertiary/aromatic N) is 1. The Morgan fingerprint density at radius 2 is 1.76 bits per heavy atom. The minimum Gasteiger partial charge on any atom is -0.484 e. The normalized spacial score (nSPS) is 11.6. The number of rotatable bonds is 11. The Bertz CT molecular complexity index is 765. The first-order valence-corrected chi connectivity index (χ1v) is 10.0. The fraction of sp³-hybridized carbons (Fsp3) is 0.391. The molecule has 0 spiro atoms. The number of amides is 2. The molecule has 1 atom stereocenters. The van der Waals surface area contributed by atoms with Crippen LogP contribution >= 0.6 is 0 Å². The molecule has 29 heavy (non-hydrogen) atoms. The summed E-state index contributed by atoms with van der Waals surface area (Å²) in [6, 6.07) is 14.4. The lowest BCUT2D eigenvalue weighted by atomic mass is 10.1. The van der Waals surface area contributed by atoms with Crippen molar-refractivity contribution in [3.05, 3.63) is 66.0 Å². The lowest BCUT2D eigenvalue weighted by Crippen LogP contribution is -2.50. The van der Waals surface area contributed by atoms with Crippen molar-refractivity contribution in [3.63, 3.8) is 0 Å². The molecule has 0 fully saturated rings. The maximum atomic E-state index is 13.3. The molecule has 0 heterocycles. The van der Waals surface area contributed by atoms with Crippen LogP contribution in [0, 0.1) is 5.82 Å². The number of carbonyl (C=O) groups excluding carboxylic acids is 2. The lowest BCUT2D eigenvalue weighted by molar-refractivity contribution is -0.143. The SMILES string of the molecule is CCCCNC(=O)C(CC)N(Cc1ccc(F)cc1)C(=O)COc1ccccc1. The number of nitrogens with one attached hydrogen (secondary N) is 1. The van der Waals surface area contributed by atoms with Gasteiger partial charge in [-0.25, -0.2) is 4.39 Å². The average Bonchev–Trinajstić information content (AvgIpc) is 2.74. The van der Waals surface area contributed by atoms with Crippen LogP contribution < -0.4 is 10.1 Å². The van der Waals surface area contributed by atoms with E-state index in [1.54, 1.807) is 24.3 Å². The van der Waals surface area contributed by atoms with Gasteiger partial charge < -0.3 is 15.0 Å². The molecule has 0 saturated carbocycles. The van der Waals surface area contributed by atoms with Crippen LogP contribution in [0.1, 0.15) is 38.7 Å². The van der Waals surface area contributed by atoms with Gasteiger partial charge in [0, 0.05) is 13.1 Å². The number of hydrogen-bond acceptors (Lipinski definition) is 3. The van der Waals surface area contributed by atoms with Gasteiger partial charge in [-0.1, -0.05) is 50.6 Å². The predicted octanol–water partition coefficient (Wildman–Crippen LogP) is 3.93. The van der Waals surface area contributed by atoms with Gasteiger partial charge >= 0.3 is 0 Å². The number of carbonyl (C=O) groups is 2. The molecule has 0 aliphatic rings. The molecule has 0 saturated heterocycles. The molecular formula is C23H29FN2O3. The van der Waals surface area contributed by atoms with Crippen LogP contribution in [0.4, 0.5) is 4.39 Å². The molecular weight excluding hydrogens is 371 g/mol. The van der Waals surface area contributed by atoms with Gasteiger partial charge in [-0.2, -0.15) is 0 Å². The van der Waals surface area contributed by atoms with Crippen molar-refractivity contribution in [3.8, 4) is 5.75 Å². The maximum absolute atomic E-state index is 13.3. The highest BCUT2D eigenvalue weighted by Crippen LogP contribution is 2.15. The molecule has 0 aliphatic heterocycles. The van der Waals surface area contributed by atoms with E-state index in [2.05, 4.69) is 12.2 Å². The van der Waals surface area contributed by atoms with E-state index in [9.17, 15) is 14.0 Å². The Kier molecular flexibility index (Phi) is 9.15. The summed E-state index contributed by atoms with van der Waals surface area (Å²) in [5, 5.41) is 2.90. The standard InChI is InChI=1S/C23H29FN2O3/c1-3-5-15-25-23(28)21(4-2)26(16-18-11-13-19(24)14-12-18)22(27)17-29-20-9-7-6-8-10-20/h6-14,21H,3-5,15-17H2,1-2H3,(H,25,28). The van der Waals surface area contributed by atoms with Crippen LogP contribution in [0.2, 0.25) is 0 Å². The third-order valence-corrected chi connectivity index (χ3v) is 4.59. The van der Waals surface area contributed by atoms with Crippen LogP contribution in [0.15, 0.2) is 54.6 Å². The summed E-state index contributed by atoms with van der Waals surface area (Å²) in [6.45, 7) is 4.52. The van der Waals surface area contributed by atoms with Crippen LogP contribution in [0.3, 0.4) is 0 Å². The molecule has 0 aliphatic carbocycles. The van der Waals surface area contributed by atoms with Crippen LogP contribution in [0.25, 0.3) is 0 Å². The Labute approximate surface area is 171 Å². The van der Waals surface area contributed by atoms with E-state index in [0.717, 1.165) is 18.4 Å². The zero-order valence-corrected chi connectivity index (χ0v) is 17.1. The Morgan fingerprint density at radius 1 is 1.07 bits per heavy atom. The van der Waals surface area contributed by atoms with Crippen LogP contribution in [-0.2, 0) is 16.1 Å². The molecule has 2 aromatic carbocycles. The second-order valence-electron chi connectivity index (χ2n) is 6.82. The molecule has 0 radical (unpaired) electrons. The minimum absolute atomic E-state index is 0.177. The van der Waals surface area contributed by atoms with E-state index in [4.69, 9.17) is 4.74 Å². The van der Waals surface area contributed by atoms with Gasteiger partial charge in [-0.15, -0.1) is 0 Å². The number of para-hydroxylation sites is 1. The summed E-state index contributed by atoms with van der Waals surface area (Å²) >= 11 is 0. The molecule has 1 N–H and O–H groups in total. The van der Waals surface area contributed by atoms with E-state index in [0.29, 0.717) is 18.7 Å². The zero-order chi connectivity index (χ0) is 21.1. The Morgan fingerprint density at radius 3 is 2.38 bits per heavy atom. The number of hydrogen-bond donors (Lipinski definition) is 1. The van der Waals surface area contributed by atoms with Crippen molar-refractivity contribution in [2.75, 3.05) is 13.2 Å². The highest BCUT2D eigenvalue weighted by molar-refractivity contribution is 5.88. The zero-order valence-electron chi connectivity index (χ0n) is 17.1. The van der Waals surface area contributed by atoms with Crippen molar-refractivity contribution >= 4 is 11.8 Å². The number of ether oxygens (including phenoxy) is 1. The van der Waals surface area contributed by atoms with Crippen LogP contribution in [0.5, 0.6) is 5.75 Å². The Hall–Kier alpha value is -2.89. The monoisotopic (exact) mass is 400 g/mol. The van der Waals surface area contributed by atoms with Crippen molar-refractivity contribution in [1.82, 2.24) is 10.2 Å². The molecule has 0 aromatic heterocycles. The summed E-state index contributed by atoms with van der Waals surface area (Å²) in [7, 11) is 0. The quantitative estimate of drug-likeness (QED) is 0.582. The van der Waals surface area contributed by atoms with E-state index in [1.807, 2.05) is 25.1 Å². The molecule has 156 valence electrons. The van der Waals surface area contributed by atoms with E-state index in [-0.39, 0.29) is 30.8 Å². The summed E-state index contributed by atoms with van der Waals surface area (Å²) in [5.41, 5.74) is 0.749. The molecule has 2 rings (SSSR count). The van der Waals surface area contributed by atoms with Gasteiger partial charge in [-0.3, -0.25) is 9.59 Å². The van der Waals surface area contributed by atoms with E-state index < -0.39 is 6.04 Å². The summed E-state index contributed by atoms with van der Waals surface area (Å²) in [6.07, 6.45) is 2.32. The number of unbranched alkanes of at least 4 members (excludes halogenated alkanes) is 1. The number of halogens is 1. The van der Waals surface area contributed by atoms with Gasteiger partial charge in [0.25, 0.3) is 5.91 Å².